The molecule has 0 spiro atoms. The molecule has 2 aromatic carbocycles. The molecule has 2 unspecified atom stereocenters. The molecule has 0 saturated carbocycles. The first-order valence-electron chi connectivity index (χ1n) is 15.4. The number of hydrogen-bond donors (Lipinski definition) is 2. The van der Waals surface area contributed by atoms with E-state index in [0.717, 1.165) is 17.0 Å². The van der Waals surface area contributed by atoms with Crippen LogP contribution >= 0.6 is 0 Å². The zero-order valence-corrected chi connectivity index (χ0v) is 26.9. The van der Waals surface area contributed by atoms with Gasteiger partial charge in [-0.2, -0.15) is 26.3 Å². The van der Waals surface area contributed by atoms with Gasteiger partial charge in [0.25, 0.3) is 11.5 Å². The molecule has 0 radical (unpaired) electrons. The SMILES string of the molecule is CCCc1cc(C(O)(C(F)(F)F)C(F)(F)F)cc(CCC)c1OCCCC(C)N1C(=O)NC(C)(c2ccc(OC(C)C)cc2)C1=O. The highest BCUT2D eigenvalue weighted by Crippen LogP contribution is 2.51. The molecule has 1 heterocycles. The van der Waals surface area contributed by atoms with Crippen molar-refractivity contribution in [2.24, 2.45) is 0 Å². The molecule has 0 aliphatic carbocycles. The van der Waals surface area contributed by atoms with E-state index >= 15 is 0 Å². The van der Waals surface area contributed by atoms with Crippen LogP contribution in [0.1, 0.15) is 89.5 Å². The number of nitrogens with zero attached hydrogens (tertiary/aromatic N) is 1. The molecule has 1 aliphatic heterocycles. The third-order valence-corrected chi connectivity index (χ3v) is 8.00. The van der Waals surface area contributed by atoms with Crippen molar-refractivity contribution in [1.82, 2.24) is 10.2 Å². The van der Waals surface area contributed by atoms with Crippen molar-refractivity contribution in [3.8, 4) is 11.5 Å². The van der Waals surface area contributed by atoms with Crippen LogP contribution in [0.5, 0.6) is 11.5 Å². The zero-order chi connectivity index (χ0) is 34.7. The maximum atomic E-state index is 13.7. The number of rotatable bonds is 14. The molecule has 46 heavy (non-hydrogen) atoms. The van der Waals surface area contributed by atoms with Crippen LogP contribution in [0.15, 0.2) is 36.4 Å². The van der Waals surface area contributed by atoms with E-state index in [4.69, 9.17) is 9.47 Å². The molecule has 1 saturated heterocycles. The fourth-order valence-corrected chi connectivity index (χ4v) is 5.62. The van der Waals surface area contributed by atoms with Crippen molar-refractivity contribution in [2.45, 2.75) is 116 Å². The summed E-state index contributed by atoms with van der Waals surface area (Å²) in [4.78, 5) is 27.6. The van der Waals surface area contributed by atoms with E-state index in [1.807, 2.05) is 13.8 Å². The average Bonchev–Trinajstić information content (AvgIpc) is 3.18. The van der Waals surface area contributed by atoms with Crippen LogP contribution < -0.4 is 14.8 Å². The topological polar surface area (TPSA) is 88.1 Å². The summed E-state index contributed by atoms with van der Waals surface area (Å²) in [6.45, 7) is 10.6. The molecular formula is C33H42F6N2O5. The molecule has 1 fully saturated rings. The van der Waals surface area contributed by atoms with Gasteiger partial charge in [-0.15, -0.1) is 0 Å². The van der Waals surface area contributed by atoms with Gasteiger partial charge in [-0.1, -0.05) is 38.8 Å². The Balaban J connectivity index is 1.77. The van der Waals surface area contributed by atoms with E-state index in [0.29, 0.717) is 37.0 Å². The second kappa shape index (κ2) is 14.1. The van der Waals surface area contributed by atoms with Crippen LogP contribution in [0.25, 0.3) is 0 Å². The van der Waals surface area contributed by atoms with Crippen LogP contribution in [-0.2, 0) is 28.8 Å². The number of carbonyl (C=O) groups excluding carboxylic acids is 2. The van der Waals surface area contributed by atoms with Crippen LogP contribution in [0.4, 0.5) is 31.1 Å². The highest BCUT2D eigenvalue weighted by Gasteiger charge is 2.71. The fourth-order valence-electron chi connectivity index (χ4n) is 5.62. The number of benzene rings is 2. The number of hydrogen-bond acceptors (Lipinski definition) is 5. The molecular weight excluding hydrogens is 618 g/mol. The number of ether oxygens (including phenoxy) is 2. The number of alkyl halides is 6. The Morgan fingerprint density at radius 1 is 0.913 bits per heavy atom. The normalized spacial score (nSPS) is 18.3. The molecule has 2 N–H and O–H groups in total. The maximum absolute atomic E-state index is 13.7. The molecule has 2 atom stereocenters. The summed E-state index contributed by atoms with van der Waals surface area (Å²) in [5.41, 5.74) is -6.81. The number of aliphatic hydroxyl groups is 1. The van der Waals surface area contributed by atoms with Gasteiger partial charge < -0.3 is 19.9 Å². The molecule has 3 amide bonds. The number of carbonyl (C=O) groups is 2. The Bertz CT molecular complexity index is 1340. The summed E-state index contributed by atoms with van der Waals surface area (Å²) >= 11 is 0. The van der Waals surface area contributed by atoms with Gasteiger partial charge in [0.05, 0.1) is 12.7 Å². The first-order valence-corrected chi connectivity index (χ1v) is 15.4. The van der Waals surface area contributed by atoms with E-state index in [9.17, 15) is 41.0 Å². The van der Waals surface area contributed by atoms with Crippen molar-refractivity contribution in [3.05, 3.63) is 58.7 Å². The number of aryl methyl sites for hydroxylation is 2. The van der Waals surface area contributed by atoms with Crippen LogP contribution in [0.2, 0.25) is 0 Å². The largest absolute Gasteiger partial charge is 0.493 e. The highest BCUT2D eigenvalue weighted by atomic mass is 19.4. The van der Waals surface area contributed by atoms with E-state index in [1.54, 1.807) is 52.0 Å². The van der Waals surface area contributed by atoms with Crippen LogP contribution in [-0.4, -0.2) is 53.1 Å². The number of halogens is 6. The van der Waals surface area contributed by atoms with Crippen molar-refractivity contribution < 1.29 is 50.5 Å². The first kappa shape index (κ1) is 37.0. The number of urea groups is 1. The smallest absolute Gasteiger partial charge is 0.430 e. The number of nitrogens with one attached hydrogen (secondary N) is 1. The lowest BCUT2D eigenvalue weighted by Crippen LogP contribution is -2.54. The van der Waals surface area contributed by atoms with Crippen molar-refractivity contribution in [3.63, 3.8) is 0 Å². The third kappa shape index (κ3) is 7.39. The van der Waals surface area contributed by atoms with Gasteiger partial charge in [-0.05, 0) is 94.3 Å². The Morgan fingerprint density at radius 2 is 1.43 bits per heavy atom. The summed E-state index contributed by atoms with van der Waals surface area (Å²) in [6.07, 6.45) is -10.4. The van der Waals surface area contributed by atoms with E-state index in [1.165, 1.54) is 0 Å². The van der Waals surface area contributed by atoms with E-state index < -0.39 is 47.0 Å². The summed E-state index contributed by atoms with van der Waals surface area (Å²) in [5.74, 6) is 0.371. The minimum atomic E-state index is -6.00. The lowest BCUT2D eigenvalue weighted by Gasteiger charge is -2.33. The van der Waals surface area contributed by atoms with E-state index in [2.05, 4.69) is 5.32 Å². The molecule has 256 valence electrons. The first-order chi connectivity index (χ1) is 21.3. The van der Waals surface area contributed by atoms with Gasteiger partial charge >= 0.3 is 18.4 Å². The second-order valence-corrected chi connectivity index (χ2v) is 12.1. The Hall–Kier alpha value is -3.48. The predicted molar refractivity (Wildman–Crippen MR) is 160 cm³/mol. The standard InChI is InChI=1S/C33H42F6N2O5/c1-7-10-22-18-25(31(44,32(34,35)36)33(37,38)39)19-23(11-8-2)27(22)45-17-9-12-21(5)41-28(42)30(6,40-29(41)43)24-13-15-26(16-14-24)46-20(3)4/h13-16,18-21,44H,7-12,17H2,1-6H3,(H,40,43). The second-order valence-electron chi connectivity index (χ2n) is 12.1. The van der Waals surface area contributed by atoms with Gasteiger partial charge in [0.2, 0.25) is 0 Å². The van der Waals surface area contributed by atoms with Crippen molar-refractivity contribution in [1.29, 1.82) is 0 Å². The molecule has 13 heteroatoms. The van der Waals surface area contributed by atoms with Gasteiger partial charge in [-0.25, -0.2) is 4.79 Å². The molecule has 3 rings (SSSR count). The van der Waals surface area contributed by atoms with Gasteiger partial charge in [-0.3, -0.25) is 9.69 Å². The average molecular weight is 661 g/mol. The molecule has 2 aromatic rings. The summed E-state index contributed by atoms with van der Waals surface area (Å²) in [7, 11) is 0. The van der Waals surface area contributed by atoms with Crippen molar-refractivity contribution in [2.75, 3.05) is 6.61 Å². The zero-order valence-electron chi connectivity index (χ0n) is 26.9. The molecule has 7 nitrogen and oxygen atoms in total. The maximum Gasteiger partial charge on any atom is 0.430 e. The Kier molecular flexibility index (Phi) is 11.3. The Morgan fingerprint density at radius 3 is 1.89 bits per heavy atom. The quantitative estimate of drug-likeness (QED) is 0.123. The minimum Gasteiger partial charge on any atom is -0.493 e. The van der Waals surface area contributed by atoms with Crippen LogP contribution in [0.3, 0.4) is 0 Å². The lowest BCUT2D eigenvalue weighted by atomic mass is 9.87. The molecule has 0 aromatic heterocycles. The van der Waals surface area contributed by atoms with Gasteiger partial charge in [0, 0.05) is 11.6 Å². The highest BCUT2D eigenvalue weighted by molar-refractivity contribution is 6.07. The Labute approximate surface area is 265 Å². The molecule has 0 bridgehead atoms. The number of amides is 3. The molecule has 1 aliphatic rings. The van der Waals surface area contributed by atoms with Crippen molar-refractivity contribution >= 4 is 11.9 Å². The minimum absolute atomic E-state index is 0.0259. The van der Waals surface area contributed by atoms with E-state index in [-0.39, 0.29) is 42.4 Å². The summed E-state index contributed by atoms with van der Waals surface area (Å²) < 4.78 is 93.6. The lowest BCUT2D eigenvalue weighted by molar-refractivity contribution is -0.376. The third-order valence-electron chi connectivity index (χ3n) is 8.00. The number of imide groups is 1. The monoisotopic (exact) mass is 660 g/mol. The fraction of sp³-hybridized carbons (Fsp3) is 0.576. The summed E-state index contributed by atoms with van der Waals surface area (Å²) in [6, 6.07) is 7.22. The summed E-state index contributed by atoms with van der Waals surface area (Å²) in [5, 5.41) is 12.8. The predicted octanol–water partition coefficient (Wildman–Crippen LogP) is 7.71. The van der Waals surface area contributed by atoms with Gasteiger partial charge in [0.15, 0.2) is 0 Å². The van der Waals surface area contributed by atoms with Crippen LogP contribution in [0, 0.1) is 0 Å². The van der Waals surface area contributed by atoms with Gasteiger partial charge in [0.1, 0.15) is 17.0 Å².